The number of methoxy groups -OCH3 is 1. The maximum Gasteiger partial charge on any atom is 0.193 e. The largest absolute Gasteiger partial charge is 0.490 e. The number of hydrogen-bond acceptors (Lipinski definition) is 3. The predicted molar refractivity (Wildman–Crippen MR) is 124 cm³/mol. The second-order valence-electron chi connectivity index (χ2n) is 6.88. The van der Waals surface area contributed by atoms with Gasteiger partial charge in [0.15, 0.2) is 5.96 Å². The highest BCUT2D eigenvalue weighted by molar-refractivity contribution is 14.0. The van der Waals surface area contributed by atoms with E-state index in [0.717, 1.165) is 43.2 Å². The molecule has 3 rings (SSSR count). The van der Waals surface area contributed by atoms with E-state index >= 15 is 0 Å². The molecule has 1 fully saturated rings. The van der Waals surface area contributed by atoms with Gasteiger partial charge in [-0.3, -0.25) is 4.99 Å². The standard InChI is InChI=1S/C22H28FN3O2.HI/c1-24-22(25-15-17-8-9-21(23)18(14-17)16-27-2)26-12-10-20(11-13-26)28-19-6-4-3-5-7-19;/h3-9,14,20H,10-13,15-16H2,1-2H3,(H,24,25);1H. The molecule has 0 amide bonds. The normalized spacial score (nSPS) is 15.0. The fourth-order valence-electron chi connectivity index (χ4n) is 3.39. The van der Waals surface area contributed by atoms with Crippen LogP contribution in [0.2, 0.25) is 0 Å². The summed E-state index contributed by atoms with van der Waals surface area (Å²) in [6.07, 6.45) is 2.12. The van der Waals surface area contributed by atoms with Crippen molar-refractivity contribution in [2.45, 2.75) is 32.1 Å². The number of halogens is 2. The van der Waals surface area contributed by atoms with Crippen LogP contribution in [-0.2, 0) is 17.9 Å². The molecule has 0 aliphatic carbocycles. The Kier molecular flexibility index (Phi) is 9.66. The van der Waals surface area contributed by atoms with Crippen LogP contribution in [-0.4, -0.2) is 44.2 Å². The highest BCUT2D eigenvalue weighted by Crippen LogP contribution is 2.19. The first kappa shape index (κ1) is 23.4. The van der Waals surface area contributed by atoms with Crippen LogP contribution in [0.4, 0.5) is 4.39 Å². The van der Waals surface area contributed by atoms with Gasteiger partial charge < -0.3 is 19.7 Å². The van der Waals surface area contributed by atoms with Crippen molar-refractivity contribution in [2.75, 3.05) is 27.2 Å². The van der Waals surface area contributed by atoms with Crippen molar-refractivity contribution in [1.29, 1.82) is 0 Å². The second kappa shape index (κ2) is 12.0. The fourth-order valence-corrected chi connectivity index (χ4v) is 3.39. The molecule has 1 N–H and O–H groups in total. The second-order valence-corrected chi connectivity index (χ2v) is 6.88. The Morgan fingerprint density at radius 3 is 2.55 bits per heavy atom. The monoisotopic (exact) mass is 513 g/mol. The molecular weight excluding hydrogens is 484 g/mol. The van der Waals surface area contributed by atoms with Crippen molar-refractivity contribution in [2.24, 2.45) is 4.99 Å². The van der Waals surface area contributed by atoms with Gasteiger partial charge in [0, 0.05) is 52.2 Å². The average molecular weight is 513 g/mol. The summed E-state index contributed by atoms with van der Waals surface area (Å²) in [4.78, 5) is 6.64. The number of para-hydroxylation sites is 1. The number of benzene rings is 2. The molecule has 1 aliphatic rings. The molecule has 1 saturated heterocycles. The Hall–Kier alpha value is -1.87. The van der Waals surface area contributed by atoms with Crippen molar-refractivity contribution in [3.05, 3.63) is 65.5 Å². The van der Waals surface area contributed by atoms with Gasteiger partial charge in [-0.2, -0.15) is 0 Å². The van der Waals surface area contributed by atoms with Gasteiger partial charge in [0.05, 0.1) is 6.61 Å². The Bertz CT molecular complexity index is 781. The van der Waals surface area contributed by atoms with E-state index in [1.54, 1.807) is 20.2 Å². The van der Waals surface area contributed by atoms with Gasteiger partial charge in [0.2, 0.25) is 0 Å². The molecule has 0 aromatic heterocycles. The number of nitrogens with one attached hydrogen (secondary N) is 1. The van der Waals surface area contributed by atoms with E-state index in [0.29, 0.717) is 12.1 Å². The molecule has 5 nitrogen and oxygen atoms in total. The van der Waals surface area contributed by atoms with Crippen LogP contribution in [0.3, 0.4) is 0 Å². The van der Waals surface area contributed by atoms with Gasteiger partial charge in [0.1, 0.15) is 17.7 Å². The van der Waals surface area contributed by atoms with Crippen molar-refractivity contribution in [1.82, 2.24) is 10.2 Å². The van der Waals surface area contributed by atoms with Gasteiger partial charge in [-0.1, -0.05) is 24.3 Å². The molecule has 0 bridgehead atoms. The van der Waals surface area contributed by atoms with E-state index in [1.807, 2.05) is 36.4 Å². The van der Waals surface area contributed by atoms with Crippen LogP contribution in [0.1, 0.15) is 24.0 Å². The molecule has 1 heterocycles. The maximum absolute atomic E-state index is 13.8. The molecule has 0 atom stereocenters. The number of guanidine groups is 1. The highest BCUT2D eigenvalue weighted by Gasteiger charge is 2.22. The van der Waals surface area contributed by atoms with E-state index in [9.17, 15) is 4.39 Å². The lowest BCUT2D eigenvalue weighted by atomic mass is 10.1. The molecule has 2 aromatic carbocycles. The maximum atomic E-state index is 13.8. The van der Waals surface area contributed by atoms with E-state index in [1.165, 1.54) is 6.07 Å². The lowest BCUT2D eigenvalue weighted by Gasteiger charge is -2.34. The smallest absolute Gasteiger partial charge is 0.193 e. The molecular formula is C22H29FIN3O2. The van der Waals surface area contributed by atoms with Gasteiger partial charge in [0.25, 0.3) is 0 Å². The van der Waals surface area contributed by atoms with E-state index in [2.05, 4.69) is 15.2 Å². The van der Waals surface area contributed by atoms with E-state index < -0.39 is 0 Å². The number of ether oxygens (including phenoxy) is 2. The van der Waals surface area contributed by atoms with Gasteiger partial charge in [-0.15, -0.1) is 24.0 Å². The lowest BCUT2D eigenvalue weighted by Crippen LogP contribution is -2.47. The summed E-state index contributed by atoms with van der Waals surface area (Å²) in [5.74, 6) is 1.54. The van der Waals surface area contributed by atoms with Crippen LogP contribution in [0.5, 0.6) is 5.75 Å². The summed E-state index contributed by atoms with van der Waals surface area (Å²) in [5.41, 5.74) is 1.56. The SMILES string of the molecule is CN=C(NCc1ccc(F)c(COC)c1)N1CCC(Oc2ccccc2)CC1.I. The van der Waals surface area contributed by atoms with Crippen molar-refractivity contribution in [3.63, 3.8) is 0 Å². The van der Waals surface area contributed by atoms with Gasteiger partial charge in [-0.25, -0.2) is 4.39 Å². The highest BCUT2D eigenvalue weighted by atomic mass is 127. The summed E-state index contributed by atoms with van der Waals surface area (Å²) in [6.45, 7) is 2.62. The van der Waals surface area contributed by atoms with Gasteiger partial charge >= 0.3 is 0 Å². The number of rotatable bonds is 6. The molecule has 29 heavy (non-hydrogen) atoms. The quantitative estimate of drug-likeness (QED) is 0.357. The summed E-state index contributed by atoms with van der Waals surface area (Å²) in [6, 6.07) is 15.1. The third-order valence-corrected chi connectivity index (χ3v) is 4.86. The van der Waals surface area contributed by atoms with Crippen LogP contribution >= 0.6 is 24.0 Å². The first-order chi connectivity index (χ1) is 13.7. The van der Waals surface area contributed by atoms with Crippen LogP contribution in [0, 0.1) is 5.82 Å². The zero-order valence-corrected chi connectivity index (χ0v) is 19.3. The Morgan fingerprint density at radius 1 is 1.17 bits per heavy atom. The van der Waals surface area contributed by atoms with Crippen LogP contribution in [0.15, 0.2) is 53.5 Å². The number of piperidine rings is 1. The number of nitrogens with zero attached hydrogens (tertiary/aromatic N) is 2. The van der Waals surface area contributed by atoms with Crippen LogP contribution < -0.4 is 10.1 Å². The van der Waals surface area contributed by atoms with Crippen molar-refractivity contribution < 1.29 is 13.9 Å². The minimum absolute atomic E-state index is 0. The Labute approximate surface area is 189 Å². The molecule has 158 valence electrons. The first-order valence-corrected chi connectivity index (χ1v) is 9.63. The molecule has 0 saturated carbocycles. The van der Waals surface area contributed by atoms with E-state index in [4.69, 9.17) is 9.47 Å². The van der Waals surface area contributed by atoms with Gasteiger partial charge in [-0.05, 0) is 29.8 Å². The molecule has 0 radical (unpaired) electrons. The van der Waals surface area contributed by atoms with E-state index in [-0.39, 0.29) is 42.5 Å². The molecule has 7 heteroatoms. The predicted octanol–water partition coefficient (Wildman–Crippen LogP) is 4.21. The minimum Gasteiger partial charge on any atom is -0.490 e. The summed E-state index contributed by atoms with van der Waals surface area (Å²) in [7, 11) is 3.35. The summed E-state index contributed by atoms with van der Waals surface area (Å²) in [5, 5.41) is 3.38. The third-order valence-electron chi connectivity index (χ3n) is 4.86. The molecule has 0 unspecified atom stereocenters. The zero-order valence-electron chi connectivity index (χ0n) is 16.9. The fraction of sp³-hybridized carbons (Fsp3) is 0.409. The van der Waals surface area contributed by atoms with Crippen molar-refractivity contribution >= 4 is 29.9 Å². The summed E-state index contributed by atoms with van der Waals surface area (Å²) < 4.78 is 24.9. The first-order valence-electron chi connectivity index (χ1n) is 9.63. The third kappa shape index (κ3) is 6.85. The van der Waals surface area contributed by atoms with Crippen LogP contribution in [0.25, 0.3) is 0 Å². The summed E-state index contributed by atoms with van der Waals surface area (Å²) >= 11 is 0. The van der Waals surface area contributed by atoms with Crippen molar-refractivity contribution in [3.8, 4) is 5.75 Å². The average Bonchev–Trinajstić information content (AvgIpc) is 2.73. The lowest BCUT2D eigenvalue weighted by molar-refractivity contribution is 0.129. The molecule has 2 aromatic rings. The Morgan fingerprint density at radius 2 is 1.90 bits per heavy atom. The number of hydrogen-bond donors (Lipinski definition) is 1. The Balaban J connectivity index is 0.00000300. The molecule has 0 spiro atoms. The molecule has 1 aliphatic heterocycles. The number of aliphatic imine (C=N–C) groups is 1. The topological polar surface area (TPSA) is 46.1 Å². The minimum atomic E-state index is -0.240. The number of likely N-dealkylation sites (tertiary alicyclic amines) is 1. The zero-order chi connectivity index (χ0) is 19.8.